The van der Waals surface area contributed by atoms with E-state index >= 15 is 0 Å². The van der Waals surface area contributed by atoms with Crippen LogP contribution >= 0.6 is 0 Å². The Kier molecular flexibility index (Phi) is 4.74. The minimum atomic E-state index is -4.09. The molecule has 0 fully saturated rings. The molecule has 30 heavy (non-hydrogen) atoms. The van der Waals surface area contributed by atoms with Crippen LogP contribution in [0.25, 0.3) is 11.0 Å². The molecule has 0 saturated carbocycles. The molecule has 1 aliphatic rings. The first kappa shape index (κ1) is 19.6. The van der Waals surface area contributed by atoms with Gasteiger partial charge in [-0.15, -0.1) is 4.40 Å². The molecule has 3 N–H and O–H groups in total. The third kappa shape index (κ3) is 3.28. The minimum Gasteiger partial charge on any atom is -0.506 e. The number of aromatic nitrogens is 2. The largest absolute Gasteiger partial charge is 0.506 e. The first-order valence-corrected chi connectivity index (χ1v) is 10.4. The fourth-order valence-electron chi connectivity index (χ4n) is 3.22. The van der Waals surface area contributed by atoms with Gasteiger partial charge in [-0.1, -0.05) is 12.1 Å². The van der Waals surface area contributed by atoms with Gasteiger partial charge in [0.2, 0.25) is 0 Å². The van der Waals surface area contributed by atoms with Crippen molar-refractivity contribution in [3.8, 4) is 5.75 Å². The molecular formula is C19H16N4O6S. The zero-order valence-electron chi connectivity index (χ0n) is 15.7. The Morgan fingerprint density at radius 2 is 2.00 bits per heavy atom. The van der Waals surface area contributed by atoms with Gasteiger partial charge in [0.25, 0.3) is 15.6 Å². The number of hydrogen-bond donors (Lipinski definition) is 3. The second-order valence-corrected chi connectivity index (χ2v) is 7.96. The number of benzene rings is 1. The SMILES string of the molecule is CCOC(=O)Cc1ccnc2[nH]c(=O)c(C3=NS(=O)(=O)c4ccccc4N3)c(O)c12. The first-order chi connectivity index (χ1) is 14.3. The lowest BCUT2D eigenvalue weighted by Gasteiger charge is -2.19. The zero-order valence-corrected chi connectivity index (χ0v) is 16.5. The summed E-state index contributed by atoms with van der Waals surface area (Å²) in [6, 6.07) is 7.57. The fourth-order valence-corrected chi connectivity index (χ4v) is 4.34. The first-order valence-electron chi connectivity index (χ1n) is 8.91. The van der Waals surface area contributed by atoms with Crippen molar-refractivity contribution in [3.63, 3.8) is 0 Å². The topological polar surface area (TPSA) is 151 Å². The maximum absolute atomic E-state index is 12.6. The average Bonchev–Trinajstić information content (AvgIpc) is 2.67. The fraction of sp³-hybridized carbons (Fsp3) is 0.158. The van der Waals surface area contributed by atoms with E-state index in [4.69, 9.17) is 4.74 Å². The van der Waals surface area contributed by atoms with E-state index in [-0.39, 0.29) is 46.0 Å². The van der Waals surface area contributed by atoms with Crippen LogP contribution in [0.5, 0.6) is 5.75 Å². The molecule has 0 bridgehead atoms. The second-order valence-electron chi connectivity index (χ2n) is 6.39. The number of para-hydroxylation sites is 1. The molecule has 1 aromatic carbocycles. The van der Waals surface area contributed by atoms with Gasteiger partial charge in [0.05, 0.1) is 24.1 Å². The molecule has 0 radical (unpaired) electrons. The van der Waals surface area contributed by atoms with Crippen LogP contribution in [0.4, 0.5) is 5.69 Å². The number of carbonyl (C=O) groups is 1. The minimum absolute atomic E-state index is 0.0442. The van der Waals surface area contributed by atoms with Gasteiger partial charge in [-0.05, 0) is 30.7 Å². The van der Waals surface area contributed by atoms with Gasteiger partial charge in [0, 0.05) is 6.20 Å². The predicted octanol–water partition coefficient (Wildman–Crippen LogP) is 1.30. The molecular weight excluding hydrogens is 412 g/mol. The molecule has 4 rings (SSSR count). The van der Waals surface area contributed by atoms with Crippen LogP contribution < -0.4 is 10.9 Å². The molecule has 0 aliphatic carbocycles. The van der Waals surface area contributed by atoms with Crippen molar-refractivity contribution in [2.75, 3.05) is 11.9 Å². The summed E-state index contributed by atoms with van der Waals surface area (Å²) in [5.41, 5.74) is -0.546. The molecule has 11 heteroatoms. The van der Waals surface area contributed by atoms with Crippen molar-refractivity contribution in [1.29, 1.82) is 0 Å². The molecule has 0 saturated heterocycles. The van der Waals surface area contributed by atoms with Crippen LogP contribution in [0.15, 0.2) is 50.6 Å². The number of anilines is 1. The molecule has 0 unspecified atom stereocenters. The number of nitrogens with one attached hydrogen (secondary N) is 2. The van der Waals surface area contributed by atoms with E-state index in [1.807, 2.05) is 0 Å². The number of amidine groups is 1. The maximum atomic E-state index is 12.6. The summed E-state index contributed by atoms with van der Waals surface area (Å²) in [7, 11) is -4.09. The van der Waals surface area contributed by atoms with Crippen molar-refractivity contribution in [3.05, 3.63) is 58.0 Å². The monoisotopic (exact) mass is 428 g/mol. The Labute approximate surface area is 170 Å². The van der Waals surface area contributed by atoms with E-state index in [9.17, 15) is 23.1 Å². The number of nitrogens with zero attached hydrogens (tertiary/aromatic N) is 2. The Hall–Kier alpha value is -3.73. The highest BCUT2D eigenvalue weighted by Crippen LogP contribution is 2.32. The number of H-pyrrole nitrogens is 1. The van der Waals surface area contributed by atoms with Gasteiger partial charge >= 0.3 is 5.97 Å². The number of esters is 1. The van der Waals surface area contributed by atoms with Crippen LogP contribution in [0.2, 0.25) is 0 Å². The molecule has 1 aliphatic heterocycles. The van der Waals surface area contributed by atoms with Gasteiger partial charge in [-0.2, -0.15) is 8.42 Å². The molecule has 3 aromatic rings. The number of aromatic hydroxyl groups is 1. The number of hydrogen-bond acceptors (Lipinski definition) is 8. The van der Waals surface area contributed by atoms with Gasteiger partial charge in [0.15, 0.2) is 5.84 Å². The Morgan fingerprint density at radius 1 is 1.23 bits per heavy atom. The van der Waals surface area contributed by atoms with Crippen LogP contribution in [0, 0.1) is 0 Å². The number of carbonyl (C=O) groups excluding carboxylic acids is 1. The van der Waals surface area contributed by atoms with Crippen molar-refractivity contribution < 1.29 is 23.1 Å². The van der Waals surface area contributed by atoms with E-state index in [1.165, 1.54) is 24.4 Å². The van der Waals surface area contributed by atoms with Crippen molar-refractivity contribution in [2.45, 2.75) is 18.2 Å². The summed E-state index contributed by atoms with van der Waals surface area (Å²) >= 11 is 0. The average molecular weight is 428 g/mol. The Morgan fingerprint density at radius 3 is 2.77 bits per heavy atom. The number of rotatable bonds is 4. The highest BCUT2D eigenvalue weighted by atomic mass is 32.2. The lowest BCUT2D eigenvalue weighted by atomic mass is 10.0. The van der Waals surface area contributed by atoms with Gasteiger partial charge < -0.3 is 20.1 Å². The number of fused-ring (bicyclic) bond motifs is 2. The maximum Gasteiger partial charge on any atom is 0.310 e. The standard InChI is InChI=1S/C19H16N4O6S/c1-2-29-13(24)9-10-7-8-20-17-14(10)16(25)15(19(26)22-17)18-21-11-5-3-4-6-12(11)30(27,28)23-18/h3-8H,2,9H2,1H3,(H,21,23)(H2,20,22,25,26). The van der Waals surface area contributed by atoms with E-state index in [1.54, 1.807) is 19.1 Å². The number of sulfonamides is 1. The van der Waals surface area contributed by atoms with Crippen molar-refractivity contribution >= 4 is 38.5 Å². The lowest BCUT2D eigenvalue weighted by Crippen LogP contribution is -2.29. The summed E-state index contributed by atoms with van der Waals surface area (Å²) in [6.45, 7) is 1.86. The quantitative estimate of drug-likeness (QED) is 0.526. The highest BCUT2D eigenvalue weighted by molar-refractivity contribution is 7.90. The van der Waals surface area contributed by atoms with Crippen molar-refractivity contribution in [2.24, 2.45) is 4.40 Å². The van der Waals surface area contributed by atoms with Crippen molar-refractivity contribution in [1.82, 2.24) is 9.97 Å². The van der Waals surface area contributed by atoms with E-state index in [2.05, 4.69) is 19.7 Å². The van der Waals surface area contributed by atoms with Crippen LogP contribution in [-0.4, -0.2) is 41.9 Å². The smallest absolute Gasteiger partial charge is 0.310 e. The second kappa shape index (κ2) is 7.26. The highest BCUT2D eigenvalue weighted by Gasteiger charge is 2.29. The summed E-state index contributed by atoms with van der Waals surface area (Å²) < 4.78 is 33.7. The number of ether oxygens (including phenoxy) is 1. The number of pyridine rings is 2. The van der Waals surface area contributed by atoms with Gasteiger partial charge in [0.1, 0.15) is 21.9 Å². The van der Waals surface area contributed by atoms with Crippen LogP contribution in [0.1, 0.15) is 18.1 Å². The summed E-state index contributed by atoms with van der Waals surface area (Å²) in [6.07, 6.45) is 1.20. The van der Waals surface area contributed by atoms with Crippen LogP contribution in [0.3, 0.4) is 0 Å². The van der Waals surface area contributed by atoms with E-state index in [0.717, 1.165) is 0 Å². The zero-order chi connectivity index (χ0) is 21.5. The molecule has 3 heterocycles. The lowest BCUT2D eigenvalue weighted by molar-refractivity contribution is -0.142. The predicted molar refractivity (Wildman–Crippen MR) is 108 cm³/mol. The molecule has 0 atom stereocenters. The molecule has 10 nitrogen and oxygen atoms in total. The van der Waals surface area contributed by atoms with E-state index in [0.29, 0.717) is 5.56 Å². The van der Waals surface area contributed by atoms with Crippen LogP contribution in [-0.2, 0) is 26.0 Å². The third-order valence-electron chi connectivity index (χ3n) is 4.48. The van der Waals surface area contributed by atoms with Gasteiger partial charge in [-0.25, -0.2) is 4.98 Å². The Bertz CT molecular complexity index is 1380. The number of aromatic amines is 1. The van der Waals surface area contributed by atoms with Gasteiger partial charge in [-0.3, -0.25) is 9.59 Å². The van der Waals surface area contributed by atoms with E-state index < -0.39 is 27.3 Å². The summed E-state index contributed by atoms with van der Waals surface area (Å²) in [5.74, 6) is -1.40. The molecule has 0 spiro atoms. The summed E-state index contributed by atoms with van der Waals surface area (Å²) in [5, 5.41) is 13.8. The Balaban J connectivity index is 1.92. The molecule has 2 aromatic heterocycles. The molecule has 0 amide bonds. The molecule has 154 valence electrons. The third-order valence-corrected chi connectivity index (χ3v) is 5.81. The summed E-state index contributed by atoms with van der Waals surface area (Å²) in [4.78, 5) is 31.1. The normalized spacial score (nSPS) is 14.5.